The summed E-state index contributed by atoms with van der Waals surface area (Å²) in [7, 11) is 0. The molecule has 13 heavy (non-hydrogen) atoms. The average Bonchev–Trinajstić information content (AvgIpc) is 1.82. The topological polar surface area (TPSA) is 49.4 Å². The van der Waals surface area contributed by atoms with Gasteiger partial charge < -0.3 is 9.29 Å². The summed E-state index contributed by atoms with van der Waals surface area (Å²) in [5.41, 5.74) is -0.137. The van der Waals surface area contributed by atoms with Crippen LogP contribution in [0.1, 0.15) is 33.1 Å². The first-order valence-corrected chi connectivity index (χ1v) is 5.48. The number of rotatable bonds is 2. The van der Waals surface area contributed by atoms with E-state index in [1.54, 1.807) is 0 Å². The predicted molar refractivity (Wildman–Crippen MR) is 46.6 cm³/mol. The van der Waals surface area contributed by atoms with E-state index in [2.05, 4.69) is 0 Å². The Bertz CT molecular complexity index is 184. The molecule has 5 heteroatoms. The second kappa shape index (κ2) is 5.83. The van der Waals surface area contributed by atoms with Gasteiger partial charge in [-0.05, 0) is 33.1 Å². The molecule has 1 fully saturated rings. The summed E-state index contributed by atoms with van der Waals surface area (Å²) in [6, 6.07) is 0. The molecule has 0 bridgehead atoms. The Labute approximate surface area is 104 Å². The van der Waals surface area contributed by atoms with Crippen molar-refractivity contribution in [1.82, 2.24) is 0 Å². The Morgan fingerprint density at radius 3 is 2.69 bits per heavy atom. The monoisotopic (exact) mass is 214 g/mol. The summed E-state index contributed by atoms with van der Waals surface area (Å²) in [6.07, 6.45) is 2.87. The van der Waals surface area contributed by atoms with Crippen LogP contribution in [0.25, 0.3) is 0 Å². The first-order chi connectivity index (χ1) is 5.49. The van der Waals surface area contributed by atoms with Crippen LogP contribution in [0.5, 0.6) is 0 Å². The van der Waals surface area contributed by atoms with E-state index in [1.807, 2.05) is 13.8 Å². The molecule has 2 atom stereocenters. The van der Waals surface area contributed by atoms with Crippen molar-refractivity contribution < 1.29 is 43.1 Å². The molecule has 0 aromatic heterocycles. The molecule has 1 aliphatic rings. The maximum Gasteiger partial charge on any atom is 1.00 e. The van der Waals surface area contributed by atoms with Gasteiger partial charge in [0, 0.05) is 5.75 Å². The Kier molecular flexibility index (Phi) is 6.31. The van der Waals surface area contributed by atoms with E-state index in [0.29, 0.717) is 0 Å². The van der Waals surface area contributed by atoms with Gasteiger partial charge in [0.25, 0.3) is 0 Å². The number of hydrogen-bond acceptors (Lipinski definition) is 3. The number of hydrogen-bond donors (Lipinski definition) is 0. The molecular formula is C8H15NaO3S. The van der Waals surface area contributed by atoms with Crippen LogP contribution >= 0.6 is 0 Å². The van der Waals surface area contributed by atoms with E-state index in [-0.39, 0.29) is 47.0 Å². The van der Waals surface area contributed by atoms with Crippen LogP contribution in [-0.2, 0) is 15.8 Å². The zero-order valence-corrected chi connectivity index (χ0v) is 11.4. The van der Waals surface area contributed by atoms with Crippen LogP contribution in [0.15, 0.2) is 0 Å². The normalized spacial score (nSPS) is 29.0. The Hall–Kier alpha value is 1.07. The van der Waals surface area contributed by atoms with Gasteiger partial charge >= 0.3 is 29.6 Å². The minimum absolute atomic E-state index is 0. The molecular weight excluding hydrogens is 199 g/mol. The molecule has 3 nitrogen and oxygen atoms in total. The minimum Gasteiger partial charge on any atom is -0.772 e. The molecule has 72 valence electrons. The van der Waals surface area contributed by atoms with Crippen LogP contribution in [0.2, 0.25) is 0 Å². The minimum atomic E-state index is -1.97. The molecule has 1 saturated heterocycles. The van der Waals surface area contributed by atoms with Crippen molar-refractivity contribution in [2.75, 3.05) is 5.75 Å². The molecule has 0 aromatic carbocycles. The number of ether oxygens (including phenoxy) is 1. The Morgan fingerprint density at radius 2 is 2.23 bits per heavy atom. The van der Waals surface area contributed by atoms with Crippen molar-refractivity contribution in [3.63, 3.8) is 0 Å². The van der Waals surface area contributed by atoms with Gasteiger partial charge in [0.15, 0.2) is 0 Å². The van der Waals surface area contributed by atoms with Crippen molar-refractivity contribution in [3.05, 3.63) is 0 Å². The molecule has 0 radical (unpaired) electrons. The second-order valence-electron chi connectivity index (χ2n) is 3.86. The Morgan fingerprint density at radius 1 is 1.62 bits per heavy atom. The van der Waals surface area contributed by atoms with Gasteiger partial charge in [-0.25, -0.2) is 0 Å². The molecule has 0 aromatic rings. The van der Waals surface area contributed by atoms with Gasteiger partial charge in [-0.3, -0.25) is 4.21 Å². The van der Waals surface area contributed by atoms with Gasteiger partial charge in [-0.1, -0.05) is 11.1 Å². The van der Waals surface area contributed by atoms with E-state index >= 15 is 0 Å². The van der Waals surface area contributed by atoms with Crippen LogP contribution in [-0.4, -0.2) is 26.2 Å². The fourth-order valence-electron chi connectivity index (χ4n) is 1.59. The molecule has 0 aliphatic carbocycles. The molecule has 0 amide bonds. The van der Waals surface area contributed by atoms with E-state index in [0.717, 1.165) is 19.3 Å². The summed E-state index contributed by atoms with van der Waals surface area (Å²) in [6.45, 7) is 4.01. The third-order valence-electron chi connectivity index (χ3n) is 2.11. The maximum atomic E-state index is 10.4. The van der Waals surface area contributed by atoms with Crippen molar-refractivity contribution in [2.24, 2.45) is 0 Å². The van der Waals surface area contributed by atoms with E-state index < -0.39 is 11.1 Å². The third-order valence-corrected chi connectivity index (χ3v) is 2.76. The molecule has 1 aliphatic heterocycles. The Balaban J connectivity index is 0.00000144. The summed E-state index contributed by atoms with van der Waals surface area (Å²) < 4.78 is 26.4. The van der Waals surface area contributed by atoms with E-state index in [4.69, 9.17) is 4.74 Å². The summed E-state index contributed by atoms with van der Waals surface area (Å²) >= 11 is -1.97. The largest absolute Gasteiger partial charge is 1.00 e. The van der Waals surface area contributed by atoms with Gasteiger partial charge in [0.1, 0.15) is 0 Å². The quantitative estimate of drug-likeness (QED) is 0.403. The standard InChI is InChI=1S/C8H16O3S.Na/c1-8(2)5-3-4-7(11-8)6-12(9)10;/h7H,3-6H2,1-2H3,(H,9,10);/q;+1/p-1. The zero-order valence-electron chi connectivity index (χ0n) is 8.54. The van der Waals surface area contributed by atoms with E-state index in [9.17, 15) is 8.76 Å². The summed E-state index contributed by atoms with van der Waals surface area (Å²) in [4.78, 5) is 0. The molecule has 2 unspecified atom stereocenters. The maximum absolute atomic E-state index is 10.4. The van der Waals surface area contributed by atoms with Gasteiger partial charge in [0.2, 0.25) is 0 Å². The van der Waals surface area contributed by atoms with E-state index in [1.165, 1.54) is 0 Å². The SMILES string of the molecule is CC1(C)CCCC(CS(=O)[O-])O1.[Na+]. The molecule has 1 rings (SSSR count). The molecule has 1 heterocycles. The van der Waals surface area contributed by atoms with Crippen molar-refractivity contribution >= 4 is 11.1 Å². The fourth-order valence-corrected chi connectivity index (χ4v) is 2.13. The third kappa shape index (κ3) is 5.50. The van der Waals surface area contributed by atoms with Crippen LogP contribution in [0.4, 0.5) is 0 Å². The first kappa shape index (κ1) is 14.1. The molecule has 0 spiro atoms. The second-order valence-corrected chi connectivity index (χ2v) is 4.80. The molecule has 0 saturated carbocycles. The van der Waals surface area contributed by atoms with Gasteiger partial charge in [-0.15, -0.1) is 0 Å². The summed E-state index contributed by atoms with van der Waals surface area (Å²) in [5.74, 6) is 0.142. The predicted octanol–water partition coefficient (Wildman–Crippen LogP) is -1.78. The van der Waals surface area contributed by atoms with Crippen LogP contribution in [0, 0.1) is 0 Å². The first-order valence-electron chi connectivity index (χ1n) is 4.23. The summed E-state index contributed by atoms with van der Waals surface area (Å²) in [5, 5.41) is 0. The smallest absolute Gasteiger partial charge is 0.772 e. The average molecular weight is 214 g/mol. The van der Waals surface area contributed by atoms with Crippen molar-refractivity contribution in [2.45, 2.75) is 44.8 Å². The van der Waals surface area contributed by atoms with Crippen molar-refractivity contribution in [3.8, 4) is 0 Å². The zero-order chi connectivity index (χ0) is 9.19. The van der Waals surface area contributed by atoms with Gasteiger partial charge in [0.05, 0.1) is 11.7 Å². The fraction of sp³-hybridized carbons (Fsp3) is 1.00. The van der Waals surface area contributed by atoms with Crippen LogP contribution in [0.3, 0.4) is 0 Å². The molecule has 0 N–H and O–H groups in total. The van der Waals surface area contributed by atoms with Gasteiger partial charge in [-0.2, -0.15) is 0 Å². The van der Waals surface area contributed by atoms with Crippen LogP contribution < -0.4 is 29.6 Å². The van der Waals surface area contributed by atoms with Crippen molar-refractivity contribution in [1.29, 1.82) is 0 Å².